The number of hydrogen-bond acceptors (Lipinski definition) is 2. The summed E-state index contributed by atoms with van der Waals surface area (Å²) in [6.45, 7) is 2.01. The molecule has 1 aliphatic carbocycles. The van der Waals surface area contributed by atoms with Gasteiger partial charge in [-0.2, -0.15) is 5.10 Å². The van der Waals surface area contributed by atoms with Gasteiger partial charge in [0.05, 0.1) is 11.6 Å². The number of aromatic nitrogens is 2. The first kappa shape index (κ1) is 9.24. The summed E-state index contributed by atoms with van der Waals surface area (Å²) >= 11 is 0. The number of carboxylic acid groups (broad SMARTS) is 1. The highest BCUT2D eigenvalue weighted by Crippen LogP contribution is 2.35. The fraction of sp³-hybridized carbons (Fsp3) is 0.600. The van der Waals surface area contributed by atoms with Gasteiger partial charge in [0.1, 0.15) is 0 Å². The second-order valence-corrected chi connectivity index (χ2v) is 3.71. The quantitative estimate of drug-likeness (QED) is 0.767. The fourth-order valence-electron chi connectivity index (χ4n) is 2.27. The highest BCUT2D eigenvalue weighted by molar-refractivity contribution is 5.78. The summed E-state index contributed by atoms with van der Waals surface area (Å²) in [5, 5.41) is 13.4. The third kappa shape index (κ3) is 1.14. The number of fused-ring (bicyclic) bond motifs is 1. The molecule has 4 nitrogen and oxygen atoms in total. The van der Waals surface area contributed by atoms with Gasteiger partial charge in [0.25, 0.3) is 0 Å². The van der Waals surface area contributed by atoms with Crippen LogP contribution < -0.4 is 0 Å². The molecule has 1 aromatic heterocycles. The van der Waals surface area contributed by atoms with Crippen molar-refractivity contribution in [2.75, 3.05) is 0 Å². The maximum Gasteiger partial charge on any atom is 0.311 e. The Bertz CT molecular complexity index is 382. The lowest BCUT2D eigenvalue weighted by molar-refractivity contribution is -0.138. The fourth-order valence-corrected chi connectivity index (χ4v) is 2.27. The lowest BCUT2D eigenvalue weighted by atomic mass is 10.0. The largest absolute Gasteiger partial charge is 0.481 e. The highest BCUT2D eigenvalue weighted by Gasteiger charge is 2.33. The number of hydrogen-bond donors (Lipinski definition) is 1. The van der Waals surface area contributed by atoms with Crippen LogP contribution in [0.4, 0.5) is 0 Å². The lowest BCUT2D eigenvalue weighted by Crippen LogP contribution is -2.09. The van der Waals surface area contributed by atoms with Gasteiger partial charge in [0.2, 0.25) is 0 Å². The minimum absolute atomic E-state index is 0.325. The summed E-state index contributed by atoms with van der Waals surface area (Å²) < 4.78 is 1.83. The summed E-state index contributed by atoms with van der Waals surface area (Å²) in [6.07, 6.45) is 2.38. The van der Waals surface area contributed by atoms with Gasteiger partial charge in [0.15, 0.2) is 0 Å². The van der Waals surface area contributed by atoms with Gasteiger partial charge in [-0.1, -0.05) is 6.92 Å². The van der Waals surface area contributed by atoms with E-state index in [1.54, 1.807) is 0 Å². The predicted octanol–water partition coefficient (Wildman–Crippen LogP) is 1.10. The molecule has 1 N–H and O–H groups in total. The summed E-state index contributed by atoms with van der Waals surface area (Å²) in [6, 6.07) is 0. The topological polar surface area (TPSA) is 55.1 Å². The lowest BCUT2D eigenvalue weighted by Gasteiger charge is -2.04. The SMILES string of the molecule is CCc1nn(C)c2c1C(C(=O)O)CC2. The molecule has 0 spiro atoms. The molecule has 0 aromatic carbocycles. The Morgan fingerprint density at radius 3 is 3.00 bits per heavy atom. The van der Waals surface area contributed by atoms with E-state index < -0.39 is 5.97 Å². The van der Waals surface area contributed by atoms with E-state index in [0.29, 0.717) is 0 Å². The first-order chi connectivity index (χ1) is 6.65. The van der Waals surface area contributed by atoms with Gasteiger partial charge in [-0.05, 0) is 19.3 Å². The van der Waals surface area contributed by atoms with Crippen molar-refractivity contribution in [2.24, 2.45) is 7.05 Å². The van der Waals surface area contributed by atoms with Crippen molar-refractivity contribution < 1.29 is 9.90 Å². The predicted molar refractivity (Wildman–Crippen MR) is 51.3 cm³/mol. The van der Waals surface area contributed by atoms with Crippen LogP contribution >= 0.6 is 0 Å². The molecule has 1 aliphatic rings. The summed E-state index contributed by atoms with van der Waals surface area (Å²) in [5.41, 5.74) is 3.03. The van der Waals surface area contributed by atoms with Crippen molar-refractivity contribution in [3.05, 3.63) is 17.0 Å². The van der Waals surface area contributed by atoms with E-state index in [-0.39, 0.29) is 5.92 Å². The second kappa shape index (κ2) is 3.12. The molecular formula is C10H14N2O2. The van der Waals surface area contributed by atoms with E-state index in [1.807, 2.05) is 18.7 Å². The van der Waals surface area contributed by atoms with Crippen molar-refractivity contribution in [1.82, 2.24) is 9.78 Å². The maximum atomic E-state index is 11.0. The van der Waals surface area contributed by atoms with Crippen molar-refractivity contribution in [2.45, 2.75) is 32.1 Å². The van der Waals surface area contributed by atoms with E-state index in [9.17, 15) is 4.79 Å². The Morgan fingerprint density at radius 1 is 1.71 bits per heavy atom. The molecule has 0 saturated carbocycles. The van der Waals surface area contributed by atoms with Gasteiger partial charge in [-0.3, -0.25) is 9.48 Å². The zero-order chi connectivity index (χ0) is 10.3. The van der Waals surface area contributed by atoms with Gasteiger partial charge >= 0.3 is 5.97 Å². The second-order valence-electron chi connectivity index (χ2n) is 3.71. The summed E-state index contributed by atoms with van der Waals surface area (Å²) in [5.74, 6) is -1.04. The average molecular weight is 194 g/mol. The number of carbonyl (C=O) groups is 1. The zero-order valence-electron chi connectivity index (χ0n) is 8.45. The molecule has 2 rings (SSSR count). The standard InChI is InChI=1S/C10H14N2O2/c1-3-7-9-6(10(13)14)4-5-8(9)12(2)11-7/h6H,3-5H2,1-2H3,(H,13,14). The highest BCUT2D eigenvalue weighted by atomic mass is 16.4. The van der Waals surface area contributed by atoms with Crippen molar-refractivity contribution in [3.8, 4) is 0 Å². The van der Waals surface area contributed by atoms with E-state index in [1.165, 1.54) is 0 Å². The van der Waals surface area contributed by atoms with Crippen LogP contribution in [0.2, 0.25) is 0 Å². The first-order valence-corrected chi connectivity index (χ1v) is 4.92. The Kier molecular flexibility index (Phi) is 2.06. The zero-order valence-corrected chi connectivity index (χ0v) is 8.45. The summed E-state index contributed by atoms with van der Waals surface area (Å²) in [4.78, 5) is 11.0. The molecule has 1 unspecified atom stereocenters. The Hall–Kier alpha value is -1.32. The smallest absolute Gasteiger partial charge is 0.311 e. The van der Waals surface area contributed by atoms with Crippen LogP contribution in [0.25, 0.3) is 0 Å². The van der Waals surface area contributed by atoms with Crippen molar-refractivity contribution in [3.63, 3.8) is 0 Å². The average Bonchev–Trinajstić information content (AvgIpc) is 2.67. The number of aliphatic carboxylic acids is 1. The molecule has 1 atom stereocenters. The van der Waals surface area contributed by atoms with Crippen LogP contribution in [0.3, 0.4) is 0 Å². The number of aryl methyl sites for hydroxylation is 2. The van der Waals surface area contributed by atoms with Gasteiger partial charge in [-0.25, -0.2) is 0 Å². The molecular weight excluding hydrogens is 180 g/mol. The van der Waals surface area contributed by atoms with Crippen LogP contribution in [0.1, 0.15) is 36.2 Å². The Labute approximate surface area is 82.5 Å². The van der Waals surface area contributed by atoms with Crippen molar-refractivity contribution >= 4 is 5.97 Å². The molecule has 0 radical (unpaired) electrons. The number of nitrogens with zero attached hydrogens (tertiary/aromatic N) is 2. The summed E-state index contributed by atoms with van der Waals surface area (Å²) in [7, 11) is 1.89. The molecule has 1 aromatic rings. The third-order valence-corrected chi connectivity index (χ3v) is 2.93. The van der Waals surface area contributed by atoms with Crippen LogP contribution in [0.5, 0.6) is 0 Å². The van der Waals surface area contributed by atoms with Gasteiger partial charge < -0.3 is 5.11 Å². The van der Waals surface area contributed by atoms with E-state index >= 15 is 0 Å². The van der Waals surface area contributed by atoms with Gasteiger partial charge in [0, 0.05) is 18.3 Å². The maximum absolute atomic E-state index is 11.0. The van der Waals surface area contributed by atoms with Crippen LogP contribution in [0, 0.1) is 0 Å². The molecule has 76 valence electrons. The molecule has 0 bridgehead atoms. The number of rotatable bonds is 2. The third-order valence-electron chi connectivity index (χ3n) is 2.93. The van der Waals surface area contributed by atoms with Crippen LogP contribution in [0.15, 0.2) is 0 Å². The molecule has 0 fully saturated rings. The molecule has 1 heterocycles. The van der Waals surface area contributed by atoms with E-state index in [0.717, 1.165) is 36.2 Å². The molecule has 14 heavy (non-hydrogen) atoms. The Morgan fingerprint density at radius 2 is 2.43 bits per heavy atom. The molecule has 4 heteroatoms. The van der Waals surface area contributed by atoms with E-state index in [4.69, 9.17) is 5.11 Å². The van der Waals surface area contributed by atoms with Crippen LogP contribution in [-0.4, -0.2) is 20.9 Å². The minimum Gasteiger partial charge on any atom is -0.481 e. The minimum atomic E-state index is -0.716. The monoisotopic (exact) mass is 194 g/mol. The van der Waals surface area contributed by atoms with Gasteiger partial charge in [-0.15, -0.1) is 0 Å². The van der Waals surface area contributed by atoms with Crippen LogP contribution in [-0.2, 0) is 24.7 Å². The Balaban J connectivity index is 2.51. The molecule has 0 saturated heterocycles. The molecule has 0 amide bonds. The molecule has 0 aliphatic heterocycles. The van der Waals surface area contributed by atoms with E-state index in [2.05, 4.69) is 5.10 Å². The normalized spacial score (nSPS) is 19.7. The first-order valence-electron chi connectivity index (χ1n) is 4.92. The number of carboxylic acids is 1. The van der Waals surface area contributed by atoms with Crippen molar-refractivity contribution in [1.29, 1.82) is 0 Å².